The number of anilines is 2. The van der Waals surface area contributed by atoms with Crippen LogP contribution >= 0.6 is 0 Å². The molecule has 3 N–H and O–H groups in total. The van der Waals surface area contributed by atoms with Crippen LogP contribution in [0.4, 0.5) is 11.5 Å². The van der Waals surface area contributed by atoms with Gasteiger partial charge in [0.25, 0.3) is 0 Å². The number of aryl methyl sites for hydroxylation is 1. The van der Waals surface area contributed by atoms with Gasteiger partial charge in [0, 0.05) is 38.3 Å². The van der Waals surface area contributed by atoms with Crippen LogP contribution in [0.15, 0.2) is 18.5 Å². The number of hydrogen-bond acceptors (Lipinski definition) is 8. The molecule has 0 aliphatic carbocycles. The van der Waals surface area contributed by atoms with Crippen molar-refractivity contribution in [2.24, 2.45) is 0 Å². The molecule has 0 amide bonds. The van der Waals surface area contributed by atoms with Crippen molar-refractivity contribution in [3.05, 3.63) is 35.4 Å². The van der Waals surface area contributed by atoms with Gasteiger partial charge in [0.2, 0.25) is 0 Å². The zero-order chi connectivity index (χ0) is 20.2. The summed E-state index contributed by atoms with van der Waals surface area (Å²) in [6.07, 6.45) is 6.34. The van der Waals surface area contributed by atoms with Gasteiger partial charge in [0.1, 0.15) is 0 Å². The summed E-state index contributed by atoms with van der Waals surface area (Å²) in [6.45, 7) is 8.84. The number of imidazole rings is 1. The Morgan fingerprint density at radius 3 is 2.79 bits per heavy atom. The summed E-state index contributed by atoms with van der Waals surface area (Å²) in [4.78, 5) is 15.7. The van der Waals surface area contributed by atoms with E-state index in [1.807, 2.05) is 6.20 Å². The van der Waals surface area contributed by atoms with E-state index in [2.05, 4.69) is 45.2 Å². The van der Waals surface area contributed by atoms with Gasteiger partial charge in [-0.2, -0.15) is 4.98 Å². The predicted octanol–water partition coefficient (Wildman–Crippen LogP) is 1.59. The second-order valence-corrected chi connectivity index (χ2v) is 7.34. The Balaban J connectivity index is 1.56. The Bertz CT molecular complexity index is 980. The van der Waals surface area contributed by atoms with Crippen molar-refractivity contribution in [1.29, 1.82) is 0 Å². The maximum Gasteiger partial charge on any atom is 0.336 e. The number of piperazine rings is 1. The molecule has 4 heterocycles. The number of ether oxygens (including phenoxy) is 1. The summed E-state index contributed by atoms with van der Waals surface area (Å²) >= 11 is 0. The van der Waals surface area contributed by atoms with Gasteiger partial charge in [0.05, 0.1) is 30.4 Å². The highest BCUT2D eigenvalue weighted by atomic mass is 16.5. The van der Waals surface area contributed by atoms with Crippen LogP contribution in [-0.2, 0) is 6.42 Å². The fourth-order valence-electron chi connectivity index (χ4n) is 3.54. The van der Waals surface area contributed by atoms with Gasteiger partial charge in [-0.3, -0.25) is 4.98 Å². The quantitative estimate of drug-likeness (QED) is 0.580. The molecule has 154 valence electrons. The van der Waals surface area contributed by atoms with E-state index in [0.29, 0.717) is 24.5 Å². The average molecular weight is 396 g/mol. The molecule has 0 unspecified atom stereocenters. The molecule has 4 rings (SSSR count). The number of hydrogen-bond donors (Lipinski definition) is 2. The van der Waals surface area contributed by atoms with Crippen molar-refractivity contribution in [3.63, 3.8) is 0 Å². The molecule has 0 spiro atoms. The van der Waals surface area contributed by atoms with Crippen LogP contribution in [0.5, 0.6) is 6.01 Å². The van der Waals surface area contributed by atoms with Gasteiger partial charge in [-0.1, -0.05) is 13.3 Å². The first kappa shape index (κ1) is 19.4. The van der Waals surface area contributed by atoms with E-state index in [1.165, 1.54) is 11.3 Å². The first-order valence-electron chi connectivity index (χ1n) is 10.2. The highest BCUT2D eigenvalue weighted by Gasteiger charge is 2.16. The summed E-state index contributed by atoms with van der Waals surface area (Å²) in [7, 11) is 0. The Kier molecular flexibility index (Phi) is 5.75. The highest BCUT2D eigenvalue weighted by Crippen LogP contribution is 2.22. The molecule has 0 aromatic carbocycles. The summed E-state index contributed by atoms with van der Waals surface area (Å²) in [5.74, 6) is 0.316. The van der Waals surface area contributed by atoms with Crippen LogP contribution in [0, 0.1) is 6.92 Å². The lowest BCUT2D eigenvalue weighted by atomic mass is 10.1. The maximum absolute atomic E-state index is 6.05. The standard InChI is InChI=1S/C20H28N8O/c1-3-4-9-29-20-25-18(21)19-24-12-16(28(19)26-20)11-15-10-14(2)17(13-23-15)27-7-5-22-6-8-27/h10,12-13,22H,3-9,11H2,1-2H3,(H2,21,25,26). The predicted molar refractivity (Wildman–Crippen MR) is 112 cm³/mol. The largest absolute Gasteiger partial charge is 0.462 e. The topological polar surface area (TPSA) is 106 Å². The molecular formula is C20H28N8O. The van der Waals surface area contributed by atoms with Crippen molar-refractivity contribution in [1.82, 2.24) is 29.9 Å². The molecule has 9 heteroatoms. The van der Waals surface area contributed by atoms with Gasteiger partial charge < -0.3 is 20.7 Å². The Labute approximate surface area is 170 Å². The average Bonchev–Trinajstić information content (AvgIpc) is 3.12. The fraction of sp³-hybridized carbons (Fsp3) is 0.500. The molecule has 0 radical (unpaired) electrons. The van der Waals surface area contributed by atoms with Gasteiger partial charge in [0.15, 0.2) is 11.5 Å². The molecule has 0 atom stereocenters. The lowest BCUT2D eigenvalue weighted by Crippen LogP contribution is -2.43. The SMILES string of the molecule is CCCCOc1nc(N)c2ncc(Cc3cc(C)c(N4CCNCC4)cn3)n2n1. The van der Waals surface area contributed by atoms with Crippen LogP contribution in [0.25, 0.3) is 5.65 Å². The fourth-order valence-corrected chi connectivity index (χ4v) is 3.54. The van der Waals surface area contributed by atoms with E-state index in [4.69, 9.17) is 15.5 Å². The van der Waals surface area contributed by atoms with E-state index in [9.17, 15) is 0 Å². The molecule has 1 saturated heterocycles. The molecule has 1 aliphatic heterocycles. The number of unbranched alkanes of at least 4 members (excludes halogenated alkanes) is 1. The second kappa shape index (κ2) is 8.60. The highest BCUT2D eigenvalue weighted by molar-refractivity contribution is 5.60. The van der Waals surface area contributed by atoms with Crippen molar-refractivity contribution >= 4 is 17.2 Å². The molecule has 0 bridgehead atoms. The molecule has 3 aromatic rings. The monoisotopic (exact) mass is 396 g/mol. The second-order valence-electron chi connectivity index (χ2n) is 7.34. The van der Waals surface area contributed by atoms with Gasteiger partial charge >= 0.3 is 6.01 Å². The zero-order valence-electron chi connectivity index (χ0n) is 17.1. The molecule has 1 aliphatic rings. The normalized spacial score (nSPS) is 14.5. The van der Waals surface area contributed by atoms with Crippen LogP contribution in [0.1, 0.15) is 36.7 Å². The molecular weight excluding hydrogens is 368 g/mol. The van der Waals surface area contributed by atoms with Crippen molar-refractivity contribution in [2.75, 3.05) is 43.4 Å². The minimum absolute atomic E-state index is 0.279. The van der Waals surface area contributed by atoms with Crippen molar-refractivity contribution in [3.8, 4) is 6.01 Å². The lowest BCUT2D eigenvalue weighted by Gasteiger charge is -2.30. The third kappa shape index (κ3) is 4.24. The Hall–Kier alpha value is -2.94. The number of pyridine rings is 1. The zero-order valence-corrected chi connectivity index (χ0v) is 17.1. The van der Waals surface area contributed by atoms with Crippen LogP contribution in [0.3, 0.4) is 0 Å². The first-order valence-corrected chi connectivity index (χ1v) is 10.2. The van der Waals surface area contributed by atoms with Crippen molar-refractivity contribution < 1.29 is 4.74 Å². The summed E-state index contributed by atoms with van der Waals surface area (Å²) in [6, 6.07) is 2.42. The van der Waals surface area contributed by atoms with Crippen LogP contribution in [-0.4, -0.2) is 57.4 Å². The van der Waals surface area contributed by atoms with E-state index < -0.39 is 0 Å². The van der Waals surface area contributed by atoms with Crippen LogP contribution < -0.4 is 20.7 Å². The number of nitrogens with zero attached hydrogens (tertiary/aromatic N) is 6. The molecule has 29 heavy (non-hydrogen) atoms. The van der Waals surface area contributed by atoms with E-state index in [1.54, 1.807) is 10.7 Å². The molecule has 1 fully saturated rings. The smallest absolute Gasteiger partial charge is 0.336 e. The van der Waals surface area contributed by atoms with Gasteiger partial charge in [-0.25, -0.2) is 9.50 Å². The number of nitrogen functional groups attached to an aromatic ring is 1. The Morgan fingerprint density at radius 2 is 2.03 bits per heavy atom. The van der Waals surface area contributed by atoms with Crippen LogP contribution in [0.2, 0.25) is 0 Å². The van der Waals surface area contributed by atoms with E-state index in [-0.39, 0.29) is 6.01 Å². The van der Waals surface area contributed by atoms with Gasteiger partial charge in [-0.05, 0) is 25.0 Å². The lowest BCUT2D eigenvalue weighted by molar-refractivity contribution is 0.280. The summed E-state index contributed by atoms with van der Waals surface area (Å²) in [5.41, 5.74) is 10.9. The van der Waals surface area contributed by atoms with E-state index in [0.717, 1.165) is 50.4 Å². The minimum atomic E-state index is 0.279. The Morgan fingerprint density at radius 1 is 1.21 bits per heavy atom. The van der Waals surface area contributed by atoms with Gasteiger partial charge in [-0.15, -0.1) is 5.10 Å². The number of fused-ring (bicyclic) bond motifs is 1. The number of aromatic nitrogens is 5. The summed E-state index contributed by atoms with van der Waals surface area (Å²) < 4.78 is 7.35. The third-order valence-electron chi connectivity index (χ3n) is 5.13. The first-order chi connectivity index (χ1) is 14.2. The summed E-state index contributed by atoms with van der Waals surface area (Å²) in [5, 5.41) is 7.86. The minimum Gasteiger partial charge on any atom is -0.462 e. The maximum atomic E-state index is 6.05. The van der Waals surface area contributed by atoms with E-state index >= 15 is 0 Å². The number of rotatable bonds is 7. The third-order valence-corrected chi connectivity index (χ3v) is 5.13. The molecule has 3 aromatic heterocycles. The van der Waals surface area contributed by atoms with Crippen molar-refractivity contribution in [2.45, 2.75) is 33.1 Å². The number of nitrogens with two attached hydrogens (primary N) is 1. The number of nitrogens with one attached hydrogen (secondary N) is 1. The molecule has 9 nitrogen and oxygen atoms in total. The molecule has 0 saturated carbocycles.